The third kappa shape index (κ3) is 2.28. The fourth-order valence-corrected chi connectivity index (χ4v) is 1.65. The van der Waals surface area contributed by atoms with Crippen molar-refractivity contribution in [3.63, 3.8) is 0 Å². The summed E-state index contributed by atoms with van der Waals surface area (Å²) in [4.78, 5) is 11.7. The molecule has 2 rings (SSSR count). The van der Waals surface area contributed by atoms with Crippen LogP contribution in [0.25, 0.3) is 0 Å². The fourth-order valence-electron chi connectivity index (χ4n) is 1.46. The summed E-state index contributed by atoms with van der Waals surface area (Å²) < 4.78 is 5.07. The van der Waals surface area contributed by atoms with E-state index in [2.05, 4.69) is 10.6 Å². The Morgan fingerprint density at radius 3 is 2.88 bits per heavy atom. The van der Waals surface area contributed by atoms with E-state index in [4.69, 9.17) is 16.3 Å². The highest BCUT2D eigenvalue weighted by atomic mass is 35.5. The normalized spacial score (nSPS) is 15.4. The molecule has 0 saturated carbocycles. The molecular weight excluding hydrogens is 228 g/mol. The molecule has 0 radical (unpaired) electrons. The highest BCUT2D eigenvalue weighted by Gasteiger charge is 2.24. The molecule has 86 valence electrons. The van der Waals surface area contributed by atoms with E-state index in [1.165, 1.54) is 0 Å². The molecule has 0 bridgehead atoms. The highest BCUT2D eigenvalue weighted by molar-refractivity contribution is 6.32. The minimum Gasteiger partial charge on any atom is -0.495 e. The van der Waals surface area contributed by atoms with Crippen LogP contribution >= 0.6 is 11.6 Å². The quantitative estimate of drug-likeness (QED) is 0.842. The van der Waals surface area contributed by atoms with E-state index in [-0.39, 0.29) is 11.8 Å². The Morgan fingerprint density at radius 2 is 2.31 bits per heavy atom. The summed E-state index contributed by atoms with van der Waals surface area (Å²) in [6.45, 7) is 1.49. The van der Waals surface area contributed by atoms with Crippen LogP contribution < -0.4 is 15.4 Å². The van der Waals surface area contributed by atoms with E-state index < -0.39 is 0 Å². The predicted molar refractivity (Wildman–Crippen MR) is 63.0 cm³/mol. The molecule has 2 N–H and O–H groups in total. The lowest BCUT2D eigenvalue weighted by molar-refractivity contribution is -0.121. The molecule has 1 fully saturated rings. The molecule has 1 saturated heterocycles. The van der Waals surface area contributed by atoms with Crippen LogP contribution in [0.15, 0.2) is 18.2 Å². The number of anilines is 1. The van der Waals surface area contributed by atoms with Crippen molar-refractivity contribution >= 4 is 23.2 Å². The standard InChI is InChI=1S/C11H13ClN2O2/c1-16-10-4-8(2-3-9(10)12)14-11(15)7-5-13-6-7/h2-4,7,13H,5-6H2,1H3,(H,14,15). The average molecular weight is 241 g/mol. The average Bonchev–Trinajstić information content (AvgIpc) is 2.18. The number of carbonyl (C=O) groups is 1. The molecule has 5 heteroatoms. The number of amides is 1. The zero-order chi connectivity index (χ0) is 11.5. The molecule has 1 amide bonds. The van der Waals surface area contributed by atoms with Gasteiger partial charge in [-0.2, -0.15) is 0 Å². The number of nitrogens with one attached hydrogen (secondary N) is 2. The number of benzene rings is 1. The number of carbonyl (C=O) groups excluding carboxylic acids is 1. The SMILES string of the molecule is COc1cc(NC(=O)C2CNC2)ccc1Cl. The van der Waals surface area contributed by atoms with E-state index in [9.17, 15) is 4.79 Å². The summed E-state index contributed by atoms with van der Waals surface area (Å²) in [5.41, 5.74) is 0.707. The predicted octanol–water partition coefficient (Wildman–Crippen LogP) is 1.51. The lowest BCUT2D eigenvalue weighted by Crippen LogP contribution is -2.48. The van der Waals surface area contributed by atoms with Crippen molar-refractivity contribution in [3.05, 3.63) is 23.2 Å². The molecule has 0 aromatic heterocycles. The van der Waals surface area contributed by atoms with Gasteiger partial charge in [0.25, 0.3) is 0 Å². The van der Waals surface area contributed by atoms with Gasteiger partial charge in [-0.3, -0.25) is 4.79 Å². The molecule has 1 aliphatic heterocycles. The molecule has 1 aliphatic rings. The monoisotopic (exact) mass is 240 g/mol. The second-order valence-electron chi connectivity index (χ2n) is 3.69. The summed E-state index contributed by atoms with van der Waals surface area (Å²) in [6.07, 6.45) is 0. The fraction of sp³-hybridized carbons (Fsp3) is 0.364. The maximum atomic E-state index is 11.7. The third-order valence-electron chi connectivity index (χ3n) is 2.57. The topological polar surface area (TPSA) is 50.4 Å². The zero-order valence-electron chi connectivity index (χ0n) is 8.92. The minimum absolute atomic E-state index is 0.0307. The molecule has 1 aromatic rings. The van der Waals surface area contributed by atoms with Gasteiger partial charge in [0, 0.05) is 24.8 Å². The second-order valence-corrected chi connectivity index (χ2v) is 4.10. The number of ether oxygens (including phenoxy) is 1. The first kappa shape index (κ1) is 11.2. The second kappa shape index (κ2) is 4.72. The molecule has 16 heavy (non-hydrogen) atoms. The largest absolute Gasteiger partial charge is 0.495 e. The molecule has 0 atom stereocenters. The van der Waals surface area contributed by atoms with Crippen LogP contribution in [0.2, 0.25) is 5.02 Å². The van der Waals surface area contributed by atoms with Crippen molar-refractivity contribution in [1.29, 1.82) is 0 Å². The van der Waals surface area contributed by atoms with Crippen molar-refractivity contribution in [3.8, 4) is 5.75 Å². The number of rotatable bonds is 3. The summed E-state index contributed by atoms with van der Waals surface area (Å²) in [5.74, 6) is 0.663. The first-order valence-corrected chi connectivity index (χ1v) is 5.43. The number of hydrogen-bond donors (Lipinski definition) is 2. The molecule has 1 aromatic carbocycles. The Morgan fingerprint density at radius 1 is 1.56 bits per heavy atom. The molecule has 1 heterocycles. The Labute approximate surface area is 98.9 Å². The lowest BCUT2D eigenvalue weighted by atomic mass is 10.0. The van der Waals surface area contributed by atoms with Gasteiger partial charge in [0.05, 0.1) is 18.1 Å². The van der Waals surface area contributed by atoms with E-state index in [0.29, 0.717) is 16.5 Å². The highest BCUT2D eigenvalue weighted by Crippen LogP contribution is 2.27. The van der Waals surface area contributed by atoms with Crippen LogP contribution in [0.5, 0.6) is 5.75 Å². The number of halogens is 1. The van der Waals surface area contributed by atoms with Crippen molar-refractivity contribution in [2.75, 3.05) is 25.5 Å². The van der Waals surface area contributed by atoms with Crippen LogP contribution in [-0.2, 0) is 4.79 Å². The van der Waals surface area contributed by atoms with Crippen LogP contribution in [0.1, 0.15) is 0 Å². The number of hydrogen-bond acceptors (Lipinski definition) is 3. The Bertz CT molecular complexity index is 405. The van der Waals surface area contributed by atoms with Crippen molar-refractivity contribution in [2.24, 2.45) is 5.92 Å². The van der Waals surface area contributed by atoms with Crippen molar-refractivity contribution < 1.29 is 9.53 Å². The van der Waals surface area contributed by atoms with Gasteiger partial charge in [-0.25, -0.2) is 0 Å². The van der Waals surface area contributed by atoms with Gasteiger partial charge in [0.1, 0.15) is 5.75 Å². The van der Waals surface area contributed by atoms with Gasteiger partial charge in [0.2, 0.25) is 5.91 Å². The molecular formula is C11H13ClN2O2. The van der Waals surface area contributed by atoms with E-state index in [0.717, 1.165) is 13.1 Å². The first-order valence-electron chi connectivity index (χ1n) is 5.06. The zero-order valence-corrected chi connectivity index (χ0v) is 9.67. The summed E-state index contributed by atoms with van der Waals surface area (Å²) in [5, 5.41) is 6.41. The van der Waals surface area contributed by atoms with Gasteiger partial charge in [0.15, 0.2) is 0 Å². The van der Waals surface area contributed by atoms with Crippen LogP contribution in [0.3, 0.4) is 0 Å². The molecule has 0 spiro atoms. The lowest BCUT2D eigenvalue weighted by Gasteiger charge is -2.25. The summed E-state index contributed by atoms with van der Waals surface area (Å²) in [6, 6.07) is 5.18. The van der Waals surface area contributed by atoms with E-state index in [1.54, 1.807) is 25.3 Å². The Hall–Kier alpha value is -1.26. The van der Waals surface area contributed by atoms with E-state index in [1.807, 2.05) is 0 Å². The van der Waals surface area contributed by atoms with Crippen LogP contribution in [0.4, 0.5) is 5.69 Å². The summed E-state index contributed by atoms with van der Waals surface area (Å²) >= 11 is 5.89. The van der Waals surface area contributed by atoms with Crippen LogP contribution in [-0.4, -0.2) is 26.1 Å². The van der Waals surface area contributed by atoms with Gasteiger partial charge >= 0.3 is 0 Å². The molecule has 0 aliphatic carbocycles. The van der Waals surface area contributed by atoms with Gasteiger partial charge in [-0.05, 0) is 12.1 Å². The summed E-state index contributed by atoms with van der Waals surface area (Å²) in [7, 11) is 1.54. The Kier molecular flexibility index (Phi) is 3.31. The third-order valence-corrected chi connectivity index (χ3v) is 2.88. The van der Waals surface area contributed by atoms with Gasteiger partial charge in [-0.1, -0.05) is 11.6 Å². The smallest absolute Gasteiger partial charge is 0.230 e. The van der Waals surface area contributed by atoms with Gasteiger partial charge < -0.3 is 15.4 Å². The first-order chi connectivity index (χ1) is 7.70. The molecule has 4 nitrogen and oxygen atoms in total. The maximum absolute atomic E-state index is 11.7. The Balaban J connectivity index is 2.06. The van der Waals surface area contributed by atoms with Crippen LogP contribution in [0, 0.1) is 5.92 Å². The number of methoxy groups -OCH3 is 1. The van der Waals surface area contributed by atoms with Gasteiger partial charge in [-0.15, -0.1) is 0 Å². The maximum Gasteiger partial charge on any atom is 0.230 e. The van der Waals surface area contributed by atoms with E-state index >= 15 is 0 Å². The molecule has 0 unspecified atom stereocenters. The minimum atomic E-state index is 0.0307. The van der Waals surface area contributed by atoms with Crippen molar-refractivity contribution in [1.82, 2.24) is 5.32 Å². The van der Waals surface area contributed by atoms with Crippen molar-refractivity contribution in [2.45, 2.75) is 0 Å².